The molecule has 0 aromatic heterocycles. The Morgan fingerprint density at radius 3 is 2.26 bits per heavy atom. The molecule has 1 unspecified atom stereocenters. The van der Waals surface area contributed by atoms with E-state index in [4.69, 9.17) is 0 Å². The topological polar surface area (TPSA) is 58.2 Å². The number of rotatable bonds is 5. The largest absolute Gasteiger partial charge is 0.346 e. The van der Waals surface area contributed by atoms with Gasteiger partial charge in [-0.15, -0.1) is 0 Å². The highest BCUT2D eigenvalue weighted by Gasteiger charge is 2.13. The summed E-state index contributed by atoms with van der Waals surface area (Å²) in [7, 11) is 0. The van der Waals surface area contributed by atoms with E-state index in [1.807, 2.05) is 67.6 Å². The molecule has 0 fully saturated rings. The van der Waals surface area contributed by atoms with E-state index >= 15 is 0 Å². The molecule has 0 aliphatic heterocycles. The summed E-state index contributed by atoms with van der Waals surface area (Å²) >= 11 is 2.18. The van der Waals surface area contributed by atoms with Crippen LogP contribution in [0.1, 0.15) is 39.2 Å². The van der Waals surface area contributed by atoms with Crippen LogP contribution < -0.4 is 10.6 Å². The normalized spacial score (nSPS) is 11.5. The van der Waals surface area contributed by atoms with Crippen LogP contribution >= 0.6 is 22.6 Å². The number of nitrogens with one attached hydrogen (secondary N) is 2. The van der Waals surface area contributed by atoms with Gasteiger partial charge in [0.2, 0.25) is 0 Å². The number of hydrogen-bond donors (Lipinski definition) is 2. The van der Waals surface area contributed by atoms with Crippen molar-refractivity contribution in [3.8, 4) is 0 Å². The van der Waals surface area contributed by atoms with Crippen molar-refractivity contribution in [3.05, 3.63) is 99.1 Å². The zero-order valence-corrected chi connectivity index (χ0v) is 16.9. The maximum absolute atomic E-state index is 12.4. The summed E-state index contributed by atoms with van der Waals surface area (Å²) in [5.41, 5.74) is 2.83. The van der Waals surface area contributed by atoms with Crippen LogP contribution in [-0.2, 0) is 0 Å². The minimum Gasteiger partial charge on any atom is -0.346 e. The van der Waals surface area contributed by atoms with E-state index in [1.54, 1.807) is 18.2 Å². The first kappa shape index (κ1) is 19.1. The molecule has 2 amide bonds. The van der Waals surface area contributed by atoms with Gasteiger partial charge in [0.15, 0.2) is 0 Å². The average Bonchev–Trinajstić information content (AvgIpc) is 2.68. The van der Waals surface area contributed by atoms with Crippen LogP contribution in [0.25, 0.3) is 0 Å². The number of carbonyl (C=O) groups excluding carboxylic acids is 2. The van der Waals surface area contributed by atoms with E-state index in [1.165, 1.54) is 0 Å². The molecule has 3 aromatic carbocycles. The summed E-state index contributed by atoms with van der Waals surface area (Å²) in [4.78, 5) is 24.8. The fourth-order valence-electron chi connectivity index (χ4n) is 2.67. The third-order valence-corrected chi connectivity index (χ3v) is 4.79. The molecule has 3 aromatic rings. The number of halogens is 1. The standard InChI is InChI=1S/C22H19IN2O2/c1-15(24-22(27)18-10-5-11-19(23)13-18)17-9-6-12-20(14-17)25-21(26)16-7-3-2-4-8-16/h2-15H,1H3,(H,24,27)(H,25,26). The molecule has 0 bridgehead atoms. The summed E-state index contributed by atoms with van der Waals surface area (Å²) in [5.74, 6) is -0.289. The van der Waals surface area contributed by atoms with E-state index in [0.717, 1.165) is 9.13 Å². The molecule has 27 heavy (non-hydrogen) atoms. The molecule has 5 heteroatoms. The van der Waals surface area contributed by atoms with Crippen molar-refractivity contribution in [2.24, 2.45) is 0 Å². The van der Waals surface area contributed by atoms with Gasteiger partial charge < -0.3 is 10.6 Å². The minimum absolute atomic E-state index is 0.125. The zero-order valence-electron chi connectivity index (χ0n) is 14.8. The van der Waals surface area contributed by atoms with Crippen molar-refractivity contribution in [1.29, 1.82) is 0 Å². The van der Waals surface area contributed by atoms with E-state index in [0.29, 0.717) is 16.8 Å². The Morgan fingerprint density at radius 1 is 0.815 bits per heavy atom. The van der Waals surface area contributed by atoms with Crippen LogP contribution in [0.2, 0.25) is 0 Å². The fourth-order valence-corrected chi connectivity index (χ4v) is 3.21. The summed E-state index contributed by atoms with van der Waals surface area (Å²) in [6, 6.07) is 23.8. The van der Waals surface area contributed by atoms with Crippen LogP contribution in [0.3, 0.4) is 0 Å². The maximum atomic E-state index is 12.4. The summed E-state index contributed by atoms with van der Waals surface area (Å²) in [5, 5.41) is 5.89. The minimum atomic E-state index is -0.191. The molecule has 0 radical (unpaired) electrons. The Kier molecular flexibility index (Phi) is 6.24. The van der Waals surface area contributed by atoms with Gasteiger partial charge in [-0.05, 0) is 77.5 Å². The molecule has 0 heterocycles. The van der Waals surface area contributed by atoms with Crippen molar-refractivity contribution in [2.75, 3.05) is 5.32 Å². The van der Waals surface area contributed by atoms with Gasteiger partial charge >= 0.3 is 0 Å². The fraction of sp³-hybridized carbons (Fsp3) is 0.0909. The van der Waals surface area contributed by atoms with Crippen molar-refractivity contribution < 1.29 is 9.59 Å². The molecule has 0 spiro atoms. The number of anilines is 1. The predicted octanol–water partition coefficient (Wildman–Crippen LogP) is 5.03. The highest BCUT2D eigenvalue weighted by molar-refractivity contribution is 14.1. The summed E-state index contributed by atoms with van der Waals surface area (Å²) < 4.78 is 1.01. The van der Waals surface area contributed by atoms with Crippen molar-refractivity contribution in [1.82, 2.24) is 5.32 Å². The van der Waals surface area contributed by atoms with Crippen LogP contribution in [-0.4, -0.2) is 11.8 Å². The van der Waals surface area contributed by atoms with Gasteiger partial charge in [0.05, 0.1) is 6.04 Å². The lowest BCUT2D eigenvalue weighted by molar-refractivity contribution is 0.0939. The first-order chi connectivity index (χ1) is 13.0. The van der Waals surface area contributed by atoms with E-state index < -0.39 is 0 Å². The average molecular weight is 470 g/mol. The first-order valence-electron chi connectivity index (χ1n) is 8.56. The van der Waals surface area contributed by atoms with Crippen LogP contribution in [0, 0.1) is 3.57 Å². The predicted molar refractivity (Wildman–Crippen MR) is 116 cm³/mol. The number of benzene rings is 3. The molecule has 1 atom stereocenters. The Labute approximate surface area is 172 Å². The molecule has 0 saturated carbocycles. The van der Waals surface area contributed by atoms with Gasteiger partial charge in [0.1, 0.15) is 0 Å². The second kappa shape index (κ2) is 8.81. The Morgan fingerprint density at radius 2 is 1.52 bits per heavy atom. The van der Waals surface area contributed by atoms with Crippen LogP contribution in [0.15, 0.2) is 78.9 Å². The molecule has 4 nitrogen and oxygen atoms in total. The van der Waals surface area contributed by atoms with Crippen molar-refractivity contribution in [3.63, 3.8) is 0 Å². The van der Waals surface area contributed by atoms with Gasteiger partial charge in [-0.25, -0.2) is 0 Å². The lowest BCUT2D eigenvalue weighted by Gasteiger charge is -2.16. The van der Waals surface area contributed by atoms with Gasteiger partial charge in [-0.1, -0.05) is 36.4 Å². The number of hydrogen-bond acceptors (Lipinski definition) is 2. The second-order valence-corrected chi connectivity index (χ2v) is 7.40. The molecular formula is C22H19IN2O2. The third-order valence-electron chi connectivity index (χ3n) is 4.11. The first-order valence-corrected chi connectivity index (χ1v) is 9.63. The van der Waals surface area contributed by atoms with Gasteiger partial charge in [0.25, 0.3) is 11.8 Å². The second-order valence-electron chi connectivity index (χ2n) is 6.15. The van der Waals surface area contributed by atoms with Gasteiger partial charge in [0, 0.05) is 20.4 Å². The maximum Gasteiger partial charge on any atom is 0.255 e. The quantitative estimate of drug-likeness (QED) is 0.514. The Hall–Kier alpha value is -2.67. The lowest BCUT2D eigenvalue weighted by atomic mass is 10.1. The molecule has 3 rings (SSSR count). The molecule has 136 valence electrons. The highest BCUT2D eigenvalue weighted by Crippen LogP contribution is 2.19. The third kappa shape index (κ3) is 5.17. The monoisotopic (exact) mass is 470 g/mol. The Bertz CT molecular complexity index is 957. The Balaban J connectivity index is 1.69. The van der Waals surface area contributed by atoms with E-state index in [-0.39, 0.29) is 17.9 Å². The zero-order chi connectivity index (χ0) is 19.2. The van der Waals surface area contributed by atoms with Gasteiger partial charge in [-0.3, -0.25) is 9.59 Å². The van der Waals surface area contributed by atoms with E-state index in [2.05, 4.69) is 33.2 Å². The number of carbonyl (C=O) groups is 2. The molecule has 0 aliphatic rings. The van der Waals surface area contributed by atoms with Gasteiger partial charge in [-0.2, -0.15) is 0 Å². The van der Waals surface area contributed by atoms with Crippen LogP contribution in [0.4, 0.5) is 5.69 Å². The van der Waals surface area contributed by atoms with Crippen LogP contribution in [0.5, 0.6) is 0 Å². The SMILES string of the molecule is CC(NC(=O)c1cccc(I)c1)c1cccc(NC(=O)c2ccccc2)c1. The molecular weight excluding hydrogens is 451 g/mol. The number of amides is 2. The van der Waals surface area contributed by atoms with Crippen molar-refractivity contribution in [2.45, 2.75) is 13.0 Å². The van der Waals surface area contributed by atoms with E-state index in [9.17, 15) is 9.59 Å². The highest BCUT2D eigenvalue weighted by atomic mass is 127. The molecule has 2 N–H and O–H groups in total. The van der Waals surface area contributed by atoms with Crippen molar-refractivity contribution >= 4 is 40.1 Å². The lowest BCUT2D eigenvalue weighted by Crippen LogP contribution is -2.26. The molecule has 0 saturated heterocycles. The smallest absolute Gasteiger partial charge is 0.255 e. The molecule has 0 aliphatic carbocycles. The summed E-state index contributed by atoms with van der Waals surface area (Å²) in [6.45, 7) is 1.92. The summed E-state index contributed by atoms with van der Waals surface area (Å²) in [6.07, 6.45) is 0.